The minimum absolute atomic E-state index is 0.574. The van der Waals surface area contributed by atoms with Crippen LogP contribution >= 0.6 is 11.3 Å². The maximum Gasteiger partial charge on any atom is 0.133 e. The number of aromatic nitrogens is 1. The third-order valence-electron chi connectivity index (χ3n) is 2.21. The van der Waals surface area contributed by atoms with Gasteiger partial charge in [0.2, 0.25) is 0 Å². The molecular weight excluding hydrogens is 232 g/mol. The molecule has 1 aromatic heterocycles. The molecule has 1 aromatic carbocycles. The van der Waals surface area contributed by atoms with Gasteiger partial charge in [0.15, 0.2) is 0 Å². The Morgan fingerprint density at radius 1 is 1.41 bits per heavy atom. The van der Waals surface area contributed by atoms with Crippen molar-refractivity contribution in [1.82, 2.24) is 4.98 Å². The molecule has 0 unspecified atom stereocenters. The van der Waals surface area contributed by atoms with Crippen molar-refractivity contribution in [3.63, 3.8) is 0 Å². The Balaban J connectivity index is 2.31. The van der Waals surface area contributed by atoms with Gasteiger partial charge in [0.25, 0.3) is 0 Å². The van der Waals surface area contributed by atoms with Gasteiger partial charge in [-0.15, -0.1) is 11.3 Å². The highest BCUT2D eigenvalue weighted by atomic mass is 32.1. The molecule has 1 heterocycles. The molecule has 0 atom stereocenters. The number of methoxy groups -OCH3 is 1. The Morgan fingerprint density at radius 3 is 2.71 bits per heavy atom. The van der Waals surface area contributed by atoms with E-state index in [1.807, 2.05) is 35.7 Å². The van der Waals surface area contributed by atoms with Crippen molar-refractivity contribution in [2.24, 2.45) is 0 Å². The molecule has 0 aliphatic heterocycles. The lowest BCUT2D eigenvalue weighted by Crippen LogP contribution is -1.83. The van der Waals surface area contributed by atoms with E-state index in [1.165, 1.54) is 11.3 Å². The maximum atomic E-state index is 9.08. The average Bonchev–Trinajstić information content (AvgIpc) is 2.90. The molecule has 0 bridgehead atoms. The second kappa shape index (κ2) is 5.28. The smallest absolute Gasteiger partial charge is 0.133 e. The van der Waals surface area contributed by atoms with Crippen molar-refractivity contribution in [3.8, 4) is 11.8 Å². The van der Waals surface area contributed by atoms with Gasteiger partial charge in [-0.25, -0.2) is 4.98 Å². The number of rotatable bonds is 3. The molecule has 0 saturated carbocycles. The quantitative estimate of drug-likeness (QED) is 0.776. The number of ether oxygens (including phenoxy) is 1. The molecule has 0 spiro atoms. The summed E-state index contributed by atoms with van der Waals surface area (Å²) >= 11 is 1.46. The van der Waals surface area contributed by atoms with Crippen LogP contribution in [0.1, 0.15) is 10.6 Å². The van der Waals surface area contributed by atoms with E-state index in [-0.39, 0.29) is 0 Å². The van der Waals surface area contributed by atoms with Gasteiger partial charge in [-0.05, 0) is 23.8 Å². The van der Waals surface area contributed by atoms with E-state index in [0.717, 1.165) is 16.3 Å². The van der Waals surface area contributed by atoms with Gasteiger partial charge in [0, 0.05) is 11.6 Å². The maximum absolute atomic E-state index is 9.08. The zero-order valence-electron chi connectivity index (χ0n) is 9.25. The van der Waals surface area contributed by atoms with E-state index in [0.29, 0.717) is 5.57 Å². The minimum Gasteiger partial charge on any atom is -0.497 e. The van der Waals surface area contributed by atoms with Crippen molar-refractivity contribution in [1.29, 1.82) is 5.26 Å². The summed E-state index contributed by atoms with van der Waals surface area (Å²) in [6.07, 6.45) is 3.51. The summed E-state index contributed by atoms with van der Waals surface area (Å²) in [6.45, 7) is 0. The Bertz CT molecular complexity index is 550. The summed E-state index contributed by atoms with van der Waals surface area (Å²) in [5, 5.41) is 11.7. The number of nitriles is 1. The van der Waals surface area contributed by atoms with Crippen LogP contribution in [-0.4, -0.2) is 12.1 Å². The first-order valence-electron chi connectivity index (χ1n) is 4.99. The van der Waals surface area contributed by atoms with Gasteiger partial charge in [-0.1, -0.05) is 12.1 Å². The first kappa shape index (κ1) is 11.4. The molecule has 0 N–H and O–H groups in total. The van der Waals surface area contributed by atoms with Crippen molar-refractivity contribution in [2.45, 2.75) is 0 Å². The second-order valence-electron chi connectivity index (χ2n) is 3.28. The highest BCUT2D eigenvalue weighted by Gasteiger charge is 2.03. The van der Waals surface area contributed by atoms with E-state index in [2.05, 4.69) is 11.1 Å². The molecule has 2 aromatic rings. The number of thiazole rings is 1. The van der Waals surface area contributed by atoms with Gasteiger partial charge in [-0.2, -0.15) is 5.26 Å². The molecule has 2 rings (SSSR count). The fourth-order valence-electron chi connectivity index (χ4n) is 1.37. The third kappa shape index (κ3) is 2.71. The van der Waals surface area contributed by atoms with Crippen molar-refractivity contribution in [2.75, 3.05) is 7.11 Å². The van der Waals surface area contributed by atoms with E-state index in [9.17, 15) is 0 Å². The van der Waals surface area contributed by atoms with Crippen molar-refractivity contribution >= 4 is 23.0 Å². The van der Waals surface area contributed by atoms with Crippen LogP contribution in [0.3, 0.4) is 0 Å². The zero-order valence-corrected chi connectivity index (χ0v) is 10.1. The molecule has 0 fully saturated rings. The fraction of sp³-hybridized carbons (Fsp3) is 0.0769. The summed E-state index contributed by atoms with van der Waals surface area (Å²) in [4.78, 5) is 4.12. The van der Waals surface area contributed by atoms with Gasteiger partial charge < -0.3 is 4.74 Å². The van der Waals surface area contributed by atoms with Gasteiger partial charge in [0.1, 0.15) is 16.8 Å². The molecule has 0 saturated heterocycles. The standard InChI is InChI=1S/C13H10N2OS/c1-16-12-4-2-10(3-5-12)8-11(9-14)13-15-6-7-17-13/h2-8H,1H3/b11-8+. The summed E-state index contributed by atoms with van der Waals surface area (Å²) in [6, 6.07) is 9.70. The zero-order chi connectivity index (χ0) is 12.1. The van der Waals surface area contributed by atoms with Gasteiger partial charge in [0.05, 0.1) is 12.7 Å². The van der Waals surface area contributed by atoms with Crippen LogP contribution in [0.25, 0.3) is 11.6 Å². The van der Waals surface area contributed by atoms with E-state index in [4.69, 9.17) is 10.00 Å². The van der Waals surface area contributed by atoms with Gasteiger partial charge in [-0.3, -0.25) is 0 Å². The first-order valence-corrected chi connectivity index (χ1v) is 5.87. The Kier molecular flexibility index (Phi) is 3.53. The number of hydrogen-bond acceptors (Lipinski definition) is 4. The molecule has 3 nitrogen and oxygen atoms in total. The highest BCUT2D eigenvalue weighted by Crippen LogP contribution is 2.20. The van der Waals surface area contributed by atoms with Crippen LogP contribution in [0.5, 0.6) is 5.75 Å². The van der Waals surface area contributed by atoms with Crippen molar-refractivity contribution in [3.05, 3.63) is 46.4 Å². The molecule has 84 valence electrons. The van der Waals surface area contributed by atoms with Gasteiger partial charge >= 0.3 is 0 Å². The van der Waals surface area contributed by atoms with Crippen LogP contribution in [0, 0.1) is 11.3 Å². The summed E-state index contributed by atoms with van der Waals surface area (Å²) in [5.74, 6) is 0.801. The second-order valence-corrected chi connectivity index (χ2v) is 4.17. The van der Waals surface area contributed by atoms with E-state index >= 15 is 0 Å². The highest BCUT2D eigenvalue weighted by molar-refractivity contribution is 7.10. The largest absolute Gasteiger partial charge is 0.497 e. The number of nitrogens with zero attached hydrogens (tertiary/aromatic N) is 2. The lowest BCUT2D eigenvalue weighted by Gasteiger charge is -1.99. The molecule has 0 radical (unpaired) electrons. The normalized spacial score (nSPS) is 10.9. The van der Waals surface area contributed by atoms with Crippen LogP contribution in [0.2, 0.25) is 0 Å². The predicted molar refractivity (Wildman–Crippen MR) is 68.6 cm³/mol. The monoisotopic (exact) mass is 242 g/mol. The molecule has 17 heavy (non-hydrogen) atoms. The molecule has 0 amide bonds. The third-order valence-corrected chi connectivity index (χ3v) is 3.02. The topological polar surface area (TPSA) is 45.9 Å². The van der Waals surface area contributed by atoms with E-state index < -0.39 is 0 Å². The van der Waals surface area contributed by atoms with Crippen LogP contribution in [-0.2, 0) is 0 Å². The van der Waals surface area contributed by atoms with Crippen LogP contribution < -0.4 is 4.74 Å². The fourth-order valence-corrected chi connectivity index (χ4v) is 1.97. The lowest BCUT2D eigenvalue weighted by atomic mass is 10.1. The summed E-state index contributed by atoms with van der Waals surface area (Å²) < 4.78 is 5.08. The Labute approximate surface area is 104 Å². The minimum atomic E-state index is 0.574. The lowest BCUT2D eigenvalue weighted by molar-refractivity contribution is 0.415. The van der Waals surface area contributed by atoms with Crippen LogP contribution in [0.4, 0.5) is 0 Å². The number of allylic oxidation sites excluding steroid dienone is 1. The average molecular weight is 242 g/mol. The molecule has 4 heteroatoms. The molecular formula is C13H10N2OS. The first-order chi connectivity index (χ1) is 8.33. The molecule has 0 aliphatic carbocycles. The Morgan fingerprint density at radius 2 is 2.18 bits per heavy atom. The van der Waals surface area contributed by atoms with Crippen LogP contribution in [0.15, 0.2) is 35.8 Å². The van der Waals surface area contributed by atoms with E-state index in [1.54, 1.807) is 13.3 Å². The number of hydrogen-bond donors (Lipinski definition) is 0. The Hall–Kier alpha value is -2.12. The summed E-state index contributed by atoms with van der Waals surface area (Å²) in [5.41, 5.74) is 1.53. The number of benzene rings is 1. The SMILES string of the molecule is COc1ccc(/C=C(\C#N)c2nccs2)cc1. The predicted octanol–water partition coefficient (Wildman–Crippen LogP) is 3.22. The summed E-state index contributed by atoms with van der Waals surface area (Å²) in [7, 11) is 1.63. The molecule has 0 aliphatic rings. The van der Waals surface area contributed by atoms with Crippen molar-refractivity contribution < 1.29 is 4.74 Å².